The summed E-state index contributed by atoms with van der Waals surface area (Å²) in [6.07, 6.45) is 5.37. The maximum Gasteiger partial charge on any atom is 0.260 e. The number of nitrogens with one attached hydrogen (secondary N) is 1. The van der Waals surface area contributed by atoms with Crippen molar-refractivity contribution in [1.82, 2.24) is 10.2 Å². The predicted octanol–water partition coefficient (Wildman–Crippen LogP) is 2.46. The molecular weight excluding hydrogens is 420 g/mol. The van der Waals surface area contributed by atoms with Crippen LogP contribution in [0, 0.1) is 0 Å². The van der Waals surface area contributed by atoms with Gasteiger partial charge in [0, 0.05) is 31.2 Å². The van der Waals surface area contributed by atoms with Crippen molar-refractivity contribution < 1.29 is 24.9 Å². The van der Waals surface area contributed by atoms with Crippen LogP contribution in [0.1, 0.15) is 54.0 Å². The molecule has 1 fully saturated rings. The summed E-state index contributed by atoms with van der Waals surface area (Å²) in [6, 6.07) is 11.1. The zero-order valence-electron chi connectivity index (χ0n) is 19.0. The number of rotatable bonds is 8. The van der Waals surface area contributed by atoms with Crippen molar-refractivity contribution in [2.45, 2.75) is 57.3 Å². The first kappa shape index (κ1) is 23.5. The fourth-order valence-electron chi connectivity index (χ4n) is 4.71. The molecule has 4 rings (SSSR count). The van der Waals surface area contributed by atoms with E-state index in [9.17, 15) is 20.1 Å². The summed E-state index contributed by atoms with van der Waals surface area (Å²) < 4.78 is 5.82. The third-order valence-corrected chi connectivity index (χ3v) is 6.74. The van der Waals surface area contributed by atoms with Gasteiger partial charge in [-0.15, -0.1) is 0 Å². The van der Waals surface area contributed by atoms with Crippen LogP contribution in [0.25, 0.3) is 0 Å². The number of nitrogens with zero attached hydrogens (tertiary/aromatic N) is 1. The number of fused-ring (bicyclic) bond motifs is 1. The molecule has 2 aromatic carbocycles. The van der Waals surface area contributed by atoms with Crippen LogP contribution in [0.15, 0.2) is 36.4 Å². The van der Waals surface area contributed by atoms with Crippen molar-refractivity contribution in [1.29, 1.82) is 0 Å². The van der Waals surface area contributed by atoms with Gasteiger partial charge in [-0.1, -0.05) is 12.1 Å². The Kier molecular flexibility index (Phi) is 7.85. The Bertz CT molecular complexity index is 958. The van der Waals surface area contributed by atoms with E-state index in [-0.39, 0.29) is 30.9 Å². The molecular formula is C26H34N2O5. The Morgan fingerprint density at radius 2 is 1.94 bits per heavy atom. The van der Waals surface area contributed by atoms with Crippen molar-refractivity contribution >= 4 is 5.91 Å². The normalized spacial score (nSPS) is 19.1. The summed E-state index contributed by atoms with van der Waals surface area (Å²) in [5, 5.41) is 33.0. The summed E-state index contributed by atoms with van der Waals surface area (Å²) in [5.41, 5.74) is 3.58. The number of hydrogen-bond acceptors (Lipinski definition) is 6. The van der Waals surface area contributed by atoms with Crippen LogP contribution in [-0.2, 0) is 24.2 Å². The number of carbonyl (C=O) groups excluding carboxylic acids is 1. The largest absolute Gasteiger partial charge is 0.508 e. The van der Waals surface area contributed by atoms with Crippen molar-refractivity contribution in [2.24, 2.45) is 0 Å². The molecule has 1 heterocycles. The molecule has 178 valence electrons. The van der Waals surface area contributed by atoms with Gasteiger partial charge in [0.15, 0.2) is 6.61 Å². The summed E-state index contributed by atoms with van der Waals surface area (Å²) in [5.74, 6) is 0.806. The second-order valence-electron chi connectivity index (χ2n) is 9.07. The quantitative estimate of drug-likeness (QED) is 0.489. The van der Waals surface area contributed by atoms with E-state index in [1.54, 1.807) is 12.1 Å². The molecule has 0 saturated carbocycles. The van der Waals surface area contributed by atoms with Crippen molar-refractivity contribution in [3.8, 4) is 11.5 Å². The van der Waals surface area contributed by atoms with Crippen molar-refractivity contribution in [3.63, 3.8) is 0 Å². The minimum atomic E-state index is -0.729. The monoisotopic (exact) mass is 454 g/mol. The van der Waals surface area contributed by atoms with E-state index in [1.165, 1.54) is 23.6 Å². The van der Waals surface area contributed by atoms with Gasteiger partial charge in [0.25, 0.3) is 5.91 Å². The molecule has 0 unspecified atom stereocenters. The molecule has 7 heteroatoms. The number of hydrogen-bond donors (Lipinski definition) is 4. The number of piperidine rings is 1. The highest BCUT2D eigenvalue weighted by Gasteiger charge is 2.21. The highest BCUT2D eigenvalue weighted by molar-refractivity contribution is 5.77. The van der Waals surface area contributed by atoms with Gasteiger partial charge in [0.1, 0.15) is 11.5 Å². The first-order valence-electron chi connectivity index (χ1n) is 11.9. The van der Waals surface area contributed by atoms with E-state index in [1.807, 2.05) is 17.0 Å². The number of ether oxygens (including phenoxy) is 1. The number of aliphatic hydroxyl groups is 2. The van der Waals surface area contributed by atoms with E-state index in [0.717, 1.165) is 50.9 Å². The average Bonchev–Trinajstić information content (AvgIpc) is 2.86. The summed E-state index contributed by atoms with van der Waals surface area (Å²) in [6.45, 7) is 1.85. The first-order valence-corrected chi connectivity index (χ1v) is 11.9. The summed E-state index contributed by atoms with van der Waals surface area (Å²) >= 11 is 0. The number of carbonyl (C=O) groups is 1. The number of aromatic hydroxyl groups is 1. The van der Waals surface area contributed by atoms with Gasteiger partial charge >= 0.3 is 0 Å². The van der Waals surface area contributed by atoms with Crippen LogP contribution in [0.2, 0.25) is 0 Å². The van der Waals surface area contributed by atoms with Gasteiger partial charge < -0.3 is 30.3 Å². The Morgan fingerprint density at radius 3 is 2.73 bits per heavy atom. The molecule has 0 bridgehead atoms. The van der Waals surface area contributed by atoms with Crippen LogP contribution < -0.4 is 10.1 Å². The van der Waals surface area contributed by atoms with Crippen LogP contribution >= 0.6 is 0 Å². The number of benzene rings is 2. The standard InChI is InChI=1S/C26H34N2O5/c29-16-21-12-19(6-9-24(21)30)25(31)15-27-22-7-4-18-5-8-23(14-20(18)13-22)33-17-26(32)28-10-2-1-3-11-28/h5-6,8-9,12,14,22,25,27,29-31H,1-4,7,10-11,13,15-17H2/t22-,25+/m0/s1. The molecule has 7 nitrogen and oxygen atoms in total. The lowest BCUT2D eigenvalue weighted by atomic mass is 9.88. The summed E-state index contributed by atoms with van der Waals surface area (Å²) in [7, 11) is 0. The molecule has 0 radical (unpaired) electrons. The third-order valence-electron chi connectivity index (χ3n) is 6.74. The van der Waals surface area contributed by atoms with Crippen LogP contribution in [0.3, 0.4) is 0 Å². The van der Waals surface area contributed by atoms with Crippen LogP contribution in [0.5, 0.6) is 11.5 Å². The Labute approximate surface area is 195 Å². The average molecular weight is 455 g/mol. The summed E-state index contributed by atoms with van der Waals surface area (Å²) in [4.78, 5) is 14.3. The van der Waals surface area contributed by atoms with E-state index in [0.29, 0.717) is 17.7 Å². The number of amides is 1. The minimum Gasteiger partial charge on any atom is -0.508 e. The molecule has 1 amide bonds. The smallest absolute Gasteiger partial charge is 0.260 e. The molecule has 33 heavy (non-hydrogen) atoms. The van der Waals surface area contributed by atoms with E-state index < -0.39 is 6.10 Å². The molecule has 1 saturated heterocycles. The lowest BCUT2D eigenvalue weighted by Gasteiger charge is -2.28. The fraction of sp³-hybridized carbons (Fsp3) is 0.500. The Hall–Kier alpha value is -2.61. The first-order chi connectivity index (χ1) is 16.0. The third kappa shape index (κ3) is 6.05. The van der Waals surface area contributed by atoms with Gasteiger partial charge in [0.2, 0.25) is 0 Å². The molecule has 4 N–H and O–H groups in total. The second-order valence-corrected chi connectivity index (χ2v) is 9.07. The zero-order valence-corrected chi connectivity index (χ0v) is 19.0. The van der Waals surface area contributed by atoms with E-state index in [4.69, 9.17) is 4.74 Å². The van der Waals surface area contributed by atoms with Crippen LogP contribution in [0.4, 0.5) is 0 Å². The SMILES string of the molecule is O=C(COc1ccc2c(c1)C[C@@H](NC[C@@H](O)c1ccc(O)c(CO)c1)CC2)N1CCCCC1. The number of aliphatic hydroxyl groups excluding tert-OH is 2. The number of likely N-dealkylation sites (tertiary alicyclic amines) is 1. The lowest BCUT2D eigenvalue weighted by Crippen LogP contribution is -2.38. The maximum atomic E-state index is 12.4. The molecule has 2 aliphatic rings. The van der Waals surface area contributed by atoms with Crippen molar-refractivity contribution in [3.05, 3.63) is 58.7 Å². The number of phenols is 1. The lowest BCUT2D eigenvalue weighted by molar-refractivity contribution is -0.134. The van der Waals surface area contributed by atoms with Gasteiger partial charge in [-0.2, -0.15) is 0 Å². The second kappa shape index (κ2) is 11.0. The van der Waals surface area contributed by atoms with E-state index in [2.05, 4.69) is 11.4 Å². The zero-order chi connectivity index (χ0) is 23.2. The van der Waals surface area contributed by atoms with E-state index >= 15 is 0 Å². The van der Waals surface area contributed by atoms with Gasteiger partial charge in [-0.05, 0) is 79.5 Å². The number of aryl methyl sites for hydroxylation is 1. The predicted molar refractivity (Wildman–Crippen MR) is 125 cm³/mol. The molecule has 2 aromatic rings. The topological polar surface area (TPSA) is 102 Å². The Balaban J connectivity index is 1.29. The highest BCUT2D eigenvalue weighted by atomic mass is 16.5. The maximum absolute atomic E-state index is 12.4. The minimum absolute atomic E-state index is 0.0287. The van der Waals surface area contributed by atoms with Crippen LogP contribution in [-0.4, -0.2) is 58.4 Å². The molecule has 1 aliphatic heterocycles. The van der Waals surface area contributed by atoms with Gasteiger partial charge in [-0.25, -0.2) is 0 Å². The molecule has 1 aliphatic carbocycles. The van der Waals surface area contributed by atoms with Crippen molar-refractivity contribution in [2.75, 3.05) is 26.2 Å². The molecule has 0 spiro atoms. The van der Waals surface area contributed by atoms with Gasteiger partial charge in [-0.3, -0.25) is 4.79 Å². The fourth-order valence-corrected chi connectivity index (χ4v) is 4.71. The molecule has 2 atom stereocenters. The van der Waals surface area contributed by atoms with Gasteiger partial charge in [0.05, 0.1) is 12.7 Å². The highest BCUT2D eigenvalue weighted by Crippen LogP contribution is 2.27. The molecule has 0 aromatic heterocycles. The Morgan fingerprint density at radius 1 is 1.12 bits per heavy atom.